The number of nitrogens with zero attached hydrogens (tertiary/aromatic N) is 1. The molecule has 0 unspecified atom stereocenters. The quantitative estimate of drug-likeness (QED) is 0.341. The summed E-state index contributed by atoms with van der Waals surface area (Å²) >= 11 is 0. The molecule has 0 saturated heterocycles. The van der Waals surface area contributed by atoms with E-state index in [4.69, 9.17) is 9.47 Å². The number of esters is 1. The number of hydrogen-bond acceptors (Lipinski definition) is 6. The van der Waals surface area contributed by atoms with Crippen molar-refractivity contribution in [1.29, 1.82) is 0 Å². The predicted octanol–water partition coefficient (Wildman–Crippen LogP) is 3.57. The van der Waals surface area contributed by atoms with Crippen LogP contribution >= 0.6 is 0 Å². The van der Waals surface area contributed by atoms with E-state index in [9.17, 15) is 14.9 Å². The summed E-state index contributed by atoms with van der Waals surface area (Å²) in [6, 6.07) is 13.5. The summed E-state index contributed by atoms with van der Waals surface area (Å²) in [7, 11) is 1.54. The zero-order chi connectivity index (χ0) is 18.2. The van der Waals surface area contributed by atoms with Crippen LogP contribution in [0.25, 0.3) is 0 Å². The lowest BCUT2D eigenvalue weighted by molar-refractivity contribution is -0.384. The van der Waals surface area contributed by atoms with E-state index in [1.165, 1.54) is 18.2 Å². The molecular formula is C18H20N2O5. The zero-order valence-corrected chi connectivity index (χ0v) is 14.1. The number of hydrogen-bond donors (Lipinski definition) is 1. The van der Waals surface area contributed by atoms with Gasteiger partial charge in [0, 0.05) is 19.7 Å². The Kier molecular flexibility index (Phi) is 6.47. The van der Waals surface area contributed by atoms with Gasteiger partial charge in [-0.05, 0) is 24.6 Å². The molecule has 7 heteroatoms. The number of carbonyl (C=O) groups excluding carboxylic acids is 1. The molecule has 0 aliphatic rings. The standard InChI is InChI=1S/C18H20N2O5/c1-13(14-6-4-3-5-7-14)25-18(21)15-8-9-16(19-10-11-24-2)17(12-15)20(22)23/h3-9,12-13,19H,10-11H2,1-2H3/t13-/m1/s1. The van der Waals surface area contributed by atoms with Gasteiger partial charge in [0.15, 0.2) is 0 Å². The van der Waals surface area contributed by atoms with Crippen LogP contribution in [0, 0.1) is 10.1 Å². The van der Waals surface area contributed by atoms with E-state index in [0.717, 1.165) is 5.56 Å². The van der Waals surface area contributed by atoms with E-state index in [1.54, 1.807) is 14.0 Å². The van der Waals surface area contributed by atoms with Gasteiger partial charge in [-0.3, -0.25) is 10.1 Å². The summed E-state index contributed by atoms with van der Waals surface area (Å²) < 4.78 is 10.3. The highest BCUT2D eigenvalue weighted by Crippen LogP contribution is 2.27. The molecule has 0 radical (unpaired) electrons. The van der Waals surface area contributed by atoms with Crippen molar-refractivity contribution in [3.05, 3.63) is 69.8 Å². The third-order valence-corrected chi connectivity index (χ3v) is 3.60. The largest absolute Gasteiger partial charge is 0.454 e. The Morgan fingerprint density at radius 1 is 1.24 bits per heavy atom. The van der Waals surface area contributed by atoms with Crippen LogP contribution in [0.1, 0.15) is 28.9 Å². The zero-order valence-electron chi connectivity index (χ0n) is 14.1. The molecule has 0 amide bonds. The van der Waals surface area contributed by atoms with Gasteiger partial charge in [-0.2, -0.15) is 0 Å². The monoisotopic (exact) mass is 344 g/mol. The molecule has 0 fully saturated rings. The van der Waals surface area contributed by atoms with E-state index >= 15 is 0 Å². The minimum atomic E-state index is -0.608. The first-order valence-electron chi connectivity index (χ1n) is 7.80. The first-order chi connectivity index (χ1) is 12.0. The number of methoxy groups -OCH3 is 1. The van der Waals surface area contributed by atoms with Crippen molar-refractivity contribution in [2.24, 2.45) is 0 Å². The SMILES string of the molecule is COCCNc1ccc(C(=O)O[C@H](C)c2ccccc2)cc1[N+](=O)[O-]. The fourth-order valence-corrected chi connectivity index (χ4v) is 2.27. The molecule has 1 N–H and O–H groups in total. The van der Waals surface area contributed by atoms with Crippen molar-refractivity contribution in [2.45, 2.75) is 13.0 Å². The fourth-order valence-electron chi connectivity index (χ4n) is 2.27. The first kappa shape index (κ1) is 18.4. The maximum atomic E-state index is 12.3. The fraction of sp³-hybridized carbons (Fsp3) is 0.278. The van der Waals surface area contributed by atoms with Crippen molar-refractivity contribution < 1.29 is 19.2 Å². The average Bonchev–Trinajstić information content (AvgIpc) is 2.62. The molecule has 0 aromatic heterocycles. The number of anilines is 1. The summed E-state index contributed by atoms with van der Waals surface area (Å²) in [5.74, 6) is -0.608. The van der Waals surface area contributed by atoms with Crippen LogP contribution in [0.2, 0.25) is 0 Å². The number of nitro benzene ring substituents is 1. The number of rotatable bonds is 8. The molecule has 2 rings (SSSR count). The number of benzene rings is 2. The number of ether oxygens (including phenoxy) is 2. The van der Waals surface area contributed by atoms with Gasteiger partial charge < -0.3 is 14.8 Å². The van der Waals surface area contributed by atoms with Crippen LogP contribution in [0.15, 0.2) is 48.5 Å². The van der Waals surface area contributed by atoms with Gasteiger partial charge in [0.25, 0.3) is 5.69 Å². The second-order valence-corrected chi connectivity index (χ2v) is 5.37. The van der Waals surface area contributed by atoms with Crippen molar-refractivity contribution in [3.8, 4) is 0 Å². The Balaban J connectivity index is 2.14. The first-order valence-corrected chi connectivity index (χ1v) is 7.80. The number of nitrogens with one attached hydrogen (secondary N) is 1. The highest BCUT2D eigenvalue weighted by Gasteiger charge is 2.20. The second kappa shape index (κ2) is 8.79. The normalized spacial score (nSPS) is 11.6. The maximum Gasteiger partial charge on any atom is 0.338 e. The summed E-state index contributed by atoms with van der Waals surface area (Å²) in [4.78, 5) is 23.0. The lowest BCUT2D eigenvalue weighted by Crippen LogP contribution is -2.12. The van der Waals surface area contributed by atoms with E-state index in [2.05, 4.69) is 5.32 Å². The minimum Gasteiger partial charge on any atom is -0.454 e. The summed E-state index contributed by atoms with van der Waals surface area (Å²) in [6.45, 7) is 2.59. The Bertz CT molecular complexity index is 734. The predicted molar refractivity (Wildman–Crippen MR) is 93.7 cm³/mol. The summed E-state index contributed by atoms with van der Waals surface area (Å²) in [5.41, 5.74) is 1.13. The van der Waals surface area contributed by atoms with Crippen LogP contribution in [-0.4, -0.2) is 31.2 Å². The van der Waals surface area contributed by atoms with Crippen LogP contribution < -0.4 is 5.32 Å². The lowest BCUT2D eigenvalue weighted by Gasteiger charge is -2.14. The molecular weight excluding hydrogens is 324 g/mol. The van der Waals surface area contributed by atoms with Crippen LogP contribution in [0.3, 0.4) is 0 Å². The van der Waals surface area contributed by atoms with E-state index in [1.807, 2.05) is 30.3 Å². The Hall–Kier alpha value is -2.93. The Labute approximate surface area is 145 Å². The van der Waals surface area contributed by atoms with Crippen molar-refractivity contribution in [3.63, 3.8) is 0 Å². The minimum absolute atomic E-state index is 0.131. The lowest BCUT2D eigenvalue weighted by atomic mass is 10.1. The highest BCUT2D eigenvalue weighted by atomic mass is 16.6. The van der Waals surface area contributed by atoms with Crippen molar-refractivity contribution >= 4 is 17.3 Å². The molecule has 0 spiro atoms. The van der Waals surface area contributed by atoms with Crippen molar-refractivity contribution in [2.75, 3.05) is 25.6 Å². The summed E-state index contributed by atoms with van der Waals surface area (Å²) in [6.07, 6.45) is -0.452. The molecule has 0 saturated carbocycles. The third-order valence-electron chi connectivity index (χ3n) is 3.60. The van der Waals surface area contributed by atoms with Crippen LogP contribution in [0.5, 0.6) is 0 Å². The van der Waals surface area contributed by atoms with E-state index in [0.29, 0.717) is 18.8 Å². The Morgan fingerprint density at radius 2 is 1.96 bits per heavy atom. The molecule has 7 nitrogen and oxygen atoms in total. The average molecular weight is 344 g/mol. The van der Waals surface area contributed by atoms with E-state index < -0.39 is 17.0 Å². The molecule has 2 aromatic carbocycles. The summed E-state index contributed by atoms with van der Waals surface area (Å²) in [5, 5.41) is 14.2. The smallest absolute Gasteiger partial charge is 0.338 e. The topological polar surface area (TPSA) is 90.7 Å². The molecule has 0 heterocycles. The number of carbonyl (C=O) groups is 1. The van der Waals surface area contributed by atoms with Gasteiger partial charge in [-0.1, -0.05) is 30.3 Å². The molecule has 132 valence electrons. The molecule has 0 aliphatic carbocycles. The third kappa shape index (κ3) is 5.02. The van der Waals surface area contributed by atoms with Gasteiger partial charge in [0.2, 0.25) is 0 Å². The Morgan fingerprint density at radius 3 is 2.60 bits per heavy atom. The molecule has 25 heavy (non-hydrogen) atoms. The molecule has 2 aromatic rings. The number of nitro groups is 1. The molecule has 0 aliphatic heterocycles. The second-order valence-electron chi connectivity index (χ2n) is 5.37. The van der Waals surface area contributed by atoms with Gasteiger partial charge >= 0.3 is 5.97 Å². The van der Waals surface area contributed by atoms with Gasteiger partial charge in [0.05, 0.1) is 17.1 Å². The van der Waals surface area contributed by atoms with Gasteiger partial charge in [-0.25, -0.2) is 4.79 Å². The van der Waals surface area contributed by atoms with Crippen LogP contribution in [0.4, 0.5) is 11.4 Å². The van der Waals surface area contributed by atoms with E-state index in [-0.39, 0.29) is 11.3 Å². The maximum absolute atomic E-state index is 12.3. The van der Waals surface area contributed by atoms with Gasteiger partial charge in [-0.15, -0.1) is 0 Å². The highest BCUT2D eigenvalue weighted by molar-refractivity contribution is 5.91. The molecule has 1 atom stereocenters. The van der Waals surface area contributed by atoms with Gasteiger partial charge in [0.1, 0.15) is 11.8 Å². The van der Waals surface area contributed by atoms with Crippen LogP contribution in [-0.2, 0) is 9.47 Å². The molecule has 0 bridgehead atoms. The van der Waals surface area contributed by atoms with Crippen molar-refractivity contribution in [1.82, 2.24) is 0 Å².